The number of ether oxygens (including phenoxy) is 2. The zero-order valence-electron chi connectivity index (χ0n) is 15.8. The normalized spacial score (nSPS) is 10.6. The first-order valence-corrected chi connectivity index (χ1v) is 9.60. The van der Waals surface area contributed by atoms with Gasteiger partial charge in [0, 0.05) is 19.3 Å². The number of H-pyrrole nitrogens is 1. The highest BCUT2D eigenvalue weighted by Gasteiger charge is 2.10. The number of nitrogens with one attached hydrogen (secondary N) is 4. The van der Waals surface area contributed by atoms with Gasteiger partial charge in [0.25, 0.3) is 5.56 Å². The van der Waals surface area contributed by atoms with Crippen LogP contribution in [0, 0.1) is 5.41 Å². The molecule has 0 spiro atoms. The fourth-order valence-electron chi connectivity index (χ4n) is 2.31. The van der Waals surface area contributed by atoms with E-state index in [1.165, 1.54) is 0 Å². The SMILES string of the molecule is N=Cc1nc(NCc2ccc(Cl)c(Cl)c2)[nH]c(=O)c1NCCOCCOCC(=O)O. The highest BCUT2D eigenvalue weighted by atomic mass is 35.5. The summed E-state index contributed by atoms with van der Waals surface area (Å²) in [6, 6.07) is 5.17. The van der Waals surface area contributed by atoms with Crippen molar-refractivity contribution in [3.05, 3.63) is 49.9 Å². The molecular weight excluding hydrogens is 437 g/mol. The van der Waals surface area contributed by atoms with Gasteiger partial charge >= 0.3 is 5.97 Å². The van der Waals surface area contributed by atoms with E-state index >= 15 is 0 Å². The second-order valence-corrected chi connectivity index (χ2v) is 6.72. The third-order valence-corrected chi connectivity index (χ3v) is 4.41. The molecule has 0 saturated carbocycles. The monoisotopic (exact) mass is 457 g/mol. The van der Waals surface area contributed by atoms with Gasteiger partial charge in [0.05, 0.1) is 29.9 Å². The summed E-state index contributed by atoms with van der Waals surface area (Å²) in [6.45, 7) is 0.891. The van der Waals surface area contributed by atoms with Crippen molar-refractivity contribution in [3.63, 3.8) is 0 Å². The molecule has 0 atom stereocenters. The van der Waals surface area contributed by atoms with Crippen molar-refractivity contribution >= 4 is 47.0 Å². The van der Waals surface area contributed by atoms with Crippen LogP contribution < -0.4 is 16.2 Å². The van der Waals surface area contributed by atoms with E-state index in [0.717, 1.165) is 11.8 Å². The lowest BCUT2D eigenvalue weighted by molar-refractivity contribution is -0.142. The van der Waals surface area contributed by atoms with Gasteiger partial charge in [-0.2, -0.15) is 0 Å². The lowest BCUT2D eigenvalue weighted by Crippen LogP contribution is -2.23. The lowest BCUT2D eigenvalue weighted by atomic mass is 10.2. The molecular formula is C18H21Cl2N5O5. The van der Waals surface area contributed by atoms with Crippen LogP contribution in [-0.2, 0) is 20.8 Å². The molecule has 0 aliphatic rings. The average Bonchev–Trinajstić information content (AvgIpc) is 2.71. The first-order chi connectivity index (χ1) is 14.4. The molecule has 0 bridgehead atoms. The van der Waals surface area contributed by atoms with E-state index in [1.54, 1.807) is 18.2 Å². The summed E-state index contributed by atoms with van der Waals surface area (Å²) in [7, 11) is 0. The fraction of sp³-hybridized carbons (Fsp3) is 0.333. The number of carbonyl (C=O) groups is 1. The van der Waals surface area contributed by atoms with Crippen molar-refractivity contribution in [1.82, 2.24) is 9.97 Å². The molecule has 1 heterocycles. The first kappa shape index (κ1) is 23.6. The van der Waals surface area contributed by atoms with Crippen molar-refractivity contribution in [1.29, 1.82) is 5.41 Å². The van der Waals surface area contributed by atoms with Gasteiger partial charge in [0.2, 0.25) is 5.95 Å². The summed E-state index contributed by atoms with van der Waals surface area (Å²) < 4.78 is 10.1. The van der Waals surface area contributed by atoms with E-state index in [0.29, 0.717) is 23.1 Å². The number of halogens is 2. The zero-order chi connectivity index (χ0) is 21.9. The molecule has 12 heteroatoms. The second kappa shape index (κ2) is 12.1. The minimum absolute atomic E-state index is 0.149. The first-order valence-electron chi connectivity index (χ1n) is 8.84. The number of aromatic amines is 1. The number of carboxylic acid groups (broad SMARTS) is 1. The Balaban J connectivity index is 1.86. The van der Waals surface area contributed by atoms with Crippen LogP contribution in [0.3, 0.4) is 0 Å². The Morgan fingerprint density at radius 2 is 1.97 bits per heavy atom. The van der Waals surface area contributed by atoms with E-state index in [-0.39, 0.29) is 43.8 Å². The second-order valence-electron chi connectivity index (χ2n) is 5.91. The third-order valence-electron chi connectivity index (χ3n) is 3.67. The molecule has 0 unspecified atom stereocenters. The molecule has 1 aromatic heterocycles. The van der Waals surface area contributed by atoms with Crippen molar-refractivity contribution in [2.75, 3.05) is 43.6 Å². The summed E-state index contributed by atoms with van der Waals surface area (Å²) in [5.74, 6) is -0.834. The third kappa shape index (κ3) is 7.64. The highest BCUT2D eigenvalue weighted by molar-refractivity contribution is 6.42. The predicted octanol–water partition coefficient (Wildman–Crippen LogP) is 2.22. The van der Waals surface area contributed by atoms with E-state index in [9.17, 15) is 9.59 Å². The summed E-state index contributed by atoms with van der Waals surface area (Å²) in [6.07, 6.45) is 0.975. The van der Waals surface area contributed by atoms with Crippen LogP contribution in [-0.4, -0.2) is 60.2 Å². The molecule has 0 amide bonds. The predicted molar refractivity (Wildman–Crippen MR) is 114 cm³/mol. The fourth-order valence-corrected chi connectivity index (χ4v) is 2.63. The van der Waals surface area contributed by atoms with Gasteiger partial charge in [-0.3, -0.25) is 9.78 Å². The maximum absolute atomic E-state index is 12.3. The number of anilines is 2. The van der Waals surface area contributed by atoms with Gasteiger partial charge < -0.3 is 30.6 Å². The lowest BCUT2D eigenvalue weighted by Gasteiger charge is -2.11. The molecule has 30 heavy (non-hydrogen) atoms. The van der Waals surface area contributed by atoms with Crippen LogP contribution in [0.2, 0.25) is 10.0 Å². The summed E-state index contributed by atoms with van der Waals surface area (Å²) >= 11 is 11.9. The molecule has 1 aromatic carbocycles. The van der Waals surface area contributed by atoms with Crippen LogP contribution in [0.25, 0.3) is 0 Å². The van der Waals surface area contributed by atoms with E-state index in [1.807, 2.05) is 0 Å². The van der Waals surface area contributed by atoms with Crippen molar-refractivity contribution in [3.8, 4) is 0 Å². The molecule has 2 aromatic rings. The molecule has 0 saturated heterocycles. The number of rotatable bonds is 13. The maximum atomic E-state index is 12.3. The smallest absolute Gasteiger partial charge is 0.329 e. The number of nitrogens with zero attached hydrogens (tertiary/aromatic N) is 1. The number of hydrogen-bond acceptors (Lipinski definition) is 8. The number of aliphatic carboxylic acids is 1. The van der Waals surface area contributed by atoms with E-state index < -0.39 is 11.5 Å². The van der Waals surface area contributed by atoms with E-state index in [2.05, 4.69) is 20.6 Å². The van der Waals surface area contributed by atoms with Gasteiger partial charge in [0.1, 0.15) is 18.0 Å². The zero-order valence-corrected chi connectivity index (χ0v) is 17.3. The molecule has 10 nitrogen and oxygen atoms in total. The van der Waals surface area contributed by atoms with Crippen LogP contribution in [0.15, 0.2) is 23.0 Å². The highest BCUT2D eigenvalue weighted by Crippen LogP contribution is 2.22. The van der Waals surface area contributed by atoms with Gasteiger partial charge in [0.15, 0.2) is 0 Å². The quantitative estimate of drug-likeness (QED) is 0.227. The Labute approximate surface area is 182 Å². The van der Waals surface area contributed by atoms with Crippen molar-refractivity contribution in [2.24, 2.45) is 0 Å². The van der Waals surface area contributed by atoms with Gasteiger partial charge in [-0.25, -0.2) is 9.78 Å². The standard InChI is InChI=1S/C18H21Cl2N5O5/c19-12-2-1-11(7-13(12)20)9-23-18-24-14(8-21)16(17(28)25-18)22-3-4-29-5-6-30-10-15(26)27/h1-2,7-8,21-22H,3-6,9-10H2,(H,26,27)(H2,23,24,25,28). The topological polar surface area (TPSA) is 149 Å². The molecule has 162 valence electrons. The van der Waals surface area contributed by atoms with Gasteiger partial charge in [-0.15, -0.1) is 0 Å². The van der Waals surface area contributed by atoms with Gasteiger partial charge in [-0.05, 0) is 17.7 Å². The summed E-state index contributed by atoms with van der Waals surface area (Å²) in [4.78, 5) is 29.5. The molecule has 0 aliphatic carbocycles. The minimum Gasteiger partial charge on any atom is -0.480 e. The Hall–Kier alpha value is -2.66. The van der Waals surface area contributed by atoms with Gasteiger partial charge in [-0.1, -0.05) is 29.3 Å². The maximum Gasteiger partial charge on any atom is 0.329 e. The molecule has 5 N–H and O–H groups in total. The Morgan fingerprint density at radius 3 is 2.67 bits per heavy atom. The Bertz CT molecular complexity index is 938. The number of carboxylic acids is 1. The average molecular weight is 458 g/mol. The number of benzene rings is 1. The summed E-state index contributed by atoms with van der Waals surface area (Å²) in [5.41, 5.74) is 0.719. The van der Waals surface area contributed by atoms with Crippen molar-refractivity contribution in [2.45, 2.75) is 6.54 Å². The number of aromatic nitrogens is 2. The van der Waals surface area contributed by atoms with Crippen LogP contribution in [0.4, 0.5) is 11.6 Å². The Kier molecular flexibility index (Phi) is 9.55. The van der Waals surface area contributed by atoms with Crippen molar-refractivity contribution < 1.29 is 19.4 Å². The van der Waals surface area contributed by atoms with Crippen LogP contribution in [0.1, 0.15) is 11.3 Å². The van der Waals surface area contributed by atoms with Crippen LogP contribution >= 0.6 is 23.2 Å². The van der Waals surface area contributed by atoms with E-state index in [4.69, 9.17) is 43.2 Å². The Morgan fingerprint density at radius 1 is 1.20 bits per heavy atom. The minimum atomic E-state index is -1.04. The molecule has 0 aliphatic heterocycles. The molecule has 0 radical (unpaired) electrons. The molecule has 0 fully saturated rings. The van der Waals surface area contributed by atoms with Crippen LogP contribution in [0.5, 0.6) is 0 Å². The molecule has 2 rings (SSSR count). The largest absolute Gasteiger partial charge is 0.480 e. The number of hydrogen-bond donors (Lipinski definition) is 5. The summed E-state index contributed by atoms with van der Waals surface area (Å²) in [5, 5.41) is 22.7.